The highest BCUT2D eigenvalue weighted by atomic mass is 32.2. The molecule has 1 aromatic carbocycles. The Bertz CT molecular complexity index is 512. The summed E-state index contributed by atoms with van der Waals surface area (Å²) in [4.78, 5) is 0.375. The van der Waals surface area contributed by atoms with Gasteiger partial charge in [-0.2, -0.15) is 4.31 Å². The second kappa shape index (κ2) is 7.43. The third-order valence-corrected chi connectivity index (χ3v) is 4.88. The number of nitrogens with one attached hydrogen (secondary N) is 1. The first-order chi connectivity index (χ1) is 9.07. The van der Waals surface area contributed by atoms with Crippen LogP contribution in [-0.4, -0.2) is 32.4 Å². The Morgan fingerprint density at radius 3 is 2.58 bits per heavy atom. The van der Waals surface area contributed by atoms with E-state index in [4.69, 9.17) is 0 Å². The minimum atomic E-state index is -3.45. The average molecular weight is 282 g/mol. The van der Waals surface area contributed by atoms with Crippen molar-refractivity contribution in [2.75, 3.05) is 19.6 Å². The molecule has 0 saturated heterocycles. The quantitative estimate of drug-likeness (QED) is 0.742. The fraction of sp³-hybridized carbons (Fsp3) is 0.429. The summed E-state index contributed by atoms with van der Waals surface area (Å²) in [5, 5.41) is 3.16. The Morgan fingerprint density at radius 2 is 2.00 bits per heavy atom. The Morgan fingerprint density at radius 1 is 1.32 bits per heavy atom. The molecular formula is C14H22N2O2S. The number of benzene rings is 1. The average Bonchev–Trinajstić information content (AvgIpc) is 2.42. The molecule has 5 heteroatoms. The standard InChI is InChI=1S/C14H22N2O2S/c1-4-11-16(6-3)19(17,18)14-10-8-7-9-13(14)12-15-5-2/h4,7-10,15H,1,5-6,11-12H2,2-3H3. The zero-order valence-electron chi connectivity index (χ0n) is 11.6. The SMILES string of the molecule is C=CCN(CC)S(=O)(=O)c1ccccc1CNCC. The van der Waals surface area contributed by atoms with E-state index in [0.717, 1.165) is 12.1 Å². The monoisotopic (exact) mass is 282 g/mol. The molecule has 0 aliphatic rings. The first kappa shape index (κ1) is 15.9. The van der Waals surface area contributed by atoms with Gasteiger partial charge in [0.05, 0.1) is 4.90 Å². The van der Waals surface area contributed by atoms with Crippen LogP contribution in [0.25, 0.3) is 0 Å². The number of sulfonamides is 1. The van der Waals surface area contributed by atoms with E-state index in [1.54, 1.807) is 18.2 Å². The molecule has 4 nitrogen and oxygen atoms in total. The van der Waals surface area contributed by atoms with E-state index in [1.165, 1.54) is 4.31 Å². The first-order valence-corrected chi connectivity index (χ1v) is 7.91. The Balaban J connectivity index is 3.16. The molecule has 0 aliphatic carbocycles. The van der Waals surface area contributed by atoms with E-state index in [-0.39, 0.29) is 0 Å². The van der Waals surface area contributed by atoms with Gasteiger partial charge < -0.3 is 5.32 Å². The second-order valence-electron chi connectivity index (χ2n) is 4.13. The highest BCUT2D eigenvalue weighted by Crippen LogP contribution is 2.20. The van der Waals surface area contributed by atoms with Gasteiger partial charge in [-0.1, -0.05) is 38.1 Å². The van der Waals surface area contributed by atoms with Gasteiger partial charge in [0.25, 0.3) is 0 Å². The molecule has 1 aromatic rings. The predicted octanol–water partition coefficient (Wildman–Crippen LogP) is 1.99. The Hall–Kier alpha value is -1.17. The van der Waals surface area contributed by atoms with E-state index >= 15 is 0 Å². The lowest BCUT2D eigenvalue weighted by molar-refractivity contribution is 0.458. The minimum Gasteiger partial charge on any atom is -0.313 e. The lowest BCUT2D eigenvalue weighted by atomic mass is 10.2. The van der Waals surface area contributed by atoms with Crippen LogP contribution in [0.5, 0.6) is 0 Å². The molecule has 106 valence electrons. The lowest BCUT2D eigenvalue weighted by Crippen LogP contribution is -2.32. The Kier molecular flexibility index (Phi) is 6.21. The zero-order chi connectivity index (χ0) is 14.3. The molecule has 0 fully saturated rings. The van der Waals surface area contributed by atoms with Crippen molar-refractivity contribution >= 4 is 10.0 Å². The van der Waals surface area contributed by atoms with Gasteiger partial charge in [-0.05, 0) is 18.2 Å². The van der Waals surface area contributed by atoms with Crippen LogP contribution in [0.15, 0.2) is 41.8 Å². The van der Waals surface area contributed by atoms with Crippen LogP contribution < -0.4 is 5.32 Å². The molecule has 0 bridgehead atoms. The molecule has 0 aliphatic heterocycles. The van der Waals surface area contributed by atoms with Gasteiger partial charge in [0.15, 0.2) is 0 Å². The highest BCUT2D eigenvalue weighted by molar-refractivity contribution is 7.89. The van der Waals surface area contributed by atoms with Crippen molar-refractivity contribution in [3.05, 3.63) is 42.5 Å². The molecule has 1 N–H and O–H groups in total. The van der Waals surface area contributed by atoms with Crippen molar-refractivity contribution in [2.45, 2.75) is 25.3 Å². The topological polar surface area (TPSA) is 49.4 Å². The molecule has 0 unspecified atom stereocenters. The zero-order valence-corrected chi connectivity index (χ0v) is 12.4. The van der Waals surface area contributed by atoms with Crippen LogP contribution in [0.1, 0.15) is 19.4 Å². The van der Waals surface area contributed by atoms with E-state index in [9.17, 15) is 8.42 Å². The van der Waals surface area contributed by atoms with Gasteiger partial charge >= 0.3 is 0 Å². The maximum atomic E-state index is 12.6. The van der Waals surface area contributed by atoms with Gasteiger partial charge in [0.1, 0.15) is 0 Å². The van der Waals surface area contributed by atoms with Gasteiger partial charge in [-0.3, -0.25) is 0 Å². The number of rotatable bonds is 8. The van der Waals surface area contributed by atoms with Gasteiger partial charge in [-0.15, -0.1) is 6.58 Å². The molecule has 0 amide bonds. The van der Waals surface area contributed by atoms with Gasteiger partial charge in [0.2, 0.25) is 10.0 Å². The molecule has 0 aromatic heterocycles. The normalized spacial score (nSPS) is 11.7. The van der Waals surface area contributed by atoms with E-state index < -0.39 is 10.0 Å². The number of likely N-dealkylation sites (N-methyl/N-ethyl adjacent to an activating group) is 1. The highest BCUT2D eigenvalue weighted by Gasteiger charge is 2.24. The maximum absolute atomic E-state index is 12.6. The molecule has 0 spiro atoms. The summed E-state index contributed by atoms with van der Waals surface area (Å²) < 4.78 is 26.6. The predicted molar refractivity (Wildman–Crippen MR) is 78.5 cm³/mol. The molecule has 0 radical (unpaired) electrons. The van der Waals surface area contributed by atoms with Gasteiger partial charge in [0, 0.05) is 19.6 Å². The summed E-state index contributed by atoms with van der Waals surface area (Å²) in [5.41, 5.74) is 0.798. The summed E-state index contributed by atoms with van der Waals surface area (Å²) in [6.45, 7) is 9.55. The van der Waals surface area contributed by atoms with E-state index in [1.807, 2.05) is 26.0 Å². The molecule has 0 saturated carbocycles. The third kappa shape index (κ3) is 3.89. The van der Waals surface area contributed by atoms with Crippen LogP contribution in [0.3, 0.4) is 0 Å². The summed E-state index contributed by atoms with van der Waals surface area (Å²) >= 11 is 0. The van der Waals surface area contributed by atoms with Crippen LogP contribution in [0.2, 0.25) is 0 Å². The lowest BCUT2D eigenvalue weighted by Gasteiger charge is -2.20. The Labute approximate surface area is 116 Å². The maximum Gasteiger partial charge on any atom is 0.243 e. The molecule has 19 heavy (non-hydrogen) atoms. The van der Waals surface area contributed by atoms with Crippen LogP contribution >= 0.6 is 0 Å². The first-order valence-electron chi connectivity index (χ1n) is 6.47. The van der Waals surface area contributed by atoms with E-state index in [0.29, 0.717) is 24.5 Å². The van der Waals surface area contributed by atoms with Crippen molar-refractivity contribution in [1.29, 1.82) is 0 Å². The number of hydrogen-bond donors (Lipinski definition) is 1. The molecule has 0 heterocycles. The van der Waals surface area contributed by atoms with Crippen LogP contribution in [-0.2, 0) is 16.6 Å². The molecular weight excluding hydrogens is 260 g/mol. The van der Waals surface area contributed by atoms with Crippen molar-refractivity contribution in [1.82, 2.24) is 9.62 Å². The van der Waals surface area contributed by atoms with Gasteiger partial charge in [-0.25, -0.2) is 8.42 Å². The summed E-state index contributed by atoms with van der Waals surface area (Å²) in [7, 11) is -3.45. The van der Waals surface area contributed by atoms with Crippen molar-refractivity contribution in [3.63, 3.8) is 0 Å². The van der Waals surface area contributed by atoms with Crippen molar-refractivity contribution in [2.24, 2.45) is 0 Å². The molecule has 0 atom stereocenters. The van der Waals surface area contributed by atoms with Crippen LogP contribution in [0, 0.1) is 0 Å². The smallest absolute Gasteiger partial charge is 0.243 e. The minimum absolute atomic E-state index is 0.328. The summed E-state index contributed by atoms with van der Waals surface area (Å²) in [6, 6.07) is 7.12. The summed E-state index contributed by atoms with van der Waals surface area (Å²) in [5.74, 6) is 0. The van der Waals surface area contributed by atoms with Crippen molar-refractivity contribution < 1.29 is 8.42 Å². The second-order valence-corrected chi connectivity index (χ2v) is 6.04. The fourth-order valence-electron chi connectivity index (χ4n) is 1.84. The third-order valence-electron chi connectivity index (χ3n) is 2.84. The summed E-state index contributed by atoms with van der Waals surface area (Å²) in [6.07, 6.45) is 1.61. The van der Waals surface area contributed by atoms with Crippen LogP contribution in [0.4, 0.5) is 0 Å². The van der Waals surface area contributed by atoms with Crippen molar-refractivity contribution in [3.8, 4) is 0 Å². The fourth-order valence-corrected chi connectivity index (χ4v) is 3.48. The number of nitrogens with zero attached hydrogens (tertiary/aromatic N) is 1. The van der Waals surface area contributed by atoms with E-state index in [2.05, 4.69) is 11.9 Å². The molecule has 1 rings (SSSR count). The largest absolute Gasteiger partial charge is 0.313 e. The number of hydrogen-bond acceptors (Lipinski definition) is 3.